The number of benzene rings is 1. The van der Waals surface area contributed by atoms with Crippen molar-refractivity contribution in [1.82, 2.24) is 19.7 Å². The van der Waals surface area contributed by atoms with Crippen molar-refractivity contribution in [3.8, 4) is 0 Å². The van der Waals surface area contributed by atoms with Crippen molar-refractivity contribution in [2.75, 3.05) is 16.8 Å². The van der Waals surface area contributed by atoms with Crippen LogP contribution in [-0.4, -0.2) is 32.2 Å². The monoisotopic (exact) mass is 462 g/mol. The number of nitrogens with zero attached hydrogens (tertiary/aromatic N) is 5. The van der Waals surface area contributed by atoms with Gasteiger partial charge in [-0.25, -0.2) is 4.98 Å². The number of aryl methyl sites for hydroxylation is 1. The molecule has 3 aromatic rings. The third-order valence-corrected chi connectivity index (χ3v) is 6.37. The van der Waals surface area contributed by atoms with Crippen molar-refractivity contribution in [2.45, 2.75) is 37.0 Å². The Kier molecular flexibility index (Phi) is 5.85. The van der Waals surface area contributed by atoms with Crippen LogP contribution in [0.15, 0.2) is 41.8 Å². The van der Waals surface area contributed by atoms with E-state index in [9.17, 15) is 18.0 Å². The van der Waals surface area contributed by atoms with Crippen LogP contribution in [0.2, 0.25) is 0 Å². The van der Waals surface area contributed by atoms with Crippen LogP contribution in [0.3, 0.4) is 0 Å². The van der Waals surface area contributed by atoms with Crippen molar-refractivity contribution in [3.05, 3.63) is 58.9 Å². The summed E-state index contributed by atoms with van der Waals surface area (Å²) in [6.07, 6.45) is -2.93. The van der Waals surface area contributed by atoms with Gasteiger partial charge in [0.25, 0.3) is 5.91 Å². The number of thioether (sulfide) groups is 1. The van der Waals surface area contributed by atoms with Crippen LogP contribution in [0.1, 0.15) is 46.1 Å². The van der Waals surface area contributed by atoms with E-state index in [0.29, 0.717) is 18.2 Å². The normalized spacial score (nSPS) is 14.6. The van der Waals surface area contributed by atoms with Crippen LogP contribution in [0, 0.1) is 0 Å². The van der Waals surface area contributed by atoms with Crippen LogP contribution >= 0.6 is 11.8 Å². The number of pyridine rings is 1. The van der Waals surface area contributed by atoms with Gasteiger partial charge in [-0.3, -0.25) is 9.69 Å². The molecule has 4 rings (SSSR count). The minimum atomic E-state index is -4.53. The molecule has 1 unspecified atom stereocenters. The Morgan fingerprint density at radius 3 is 2.72 bits per heavy atom. The number of hydrogen-bond acceptors (Lipinski definition) is 6. The number of carbonyl (C=O) groups is 1. The molecule has 1 amide bonds. The first kappa shape index (κ1) is 22.1. The van der Waals surface area contributed by atoms with Gasteiger partial charge in [-0.05, 0) is 49.2 Å². The number of alkyl halides is 3. The van der Waals surface area contributed by atoms with E-state index >= 15 is 0 Å². The molecule has 1 N–H and O–H groups in total. The van der Waals surface area contributed by atoms with Crippen molar-refractivity contribution in [1.29, 1.82) is 0 Å². The standard InChI is InChI=1S/C21H21F3N6OS/c1-4-25-17-8-13(12(2)32-20-28-26-11-29(20)3)9-18(27-17)30-10-15-14(19(30)31)6-5-7-16(15)21(22,23)24/h5-9,11-12H,4,10H2,1-3H3,(H,25,27). The molecule has 11 heteroatoms. The van der Waals surface area contributed by atoms with Gasteiger partial charge in [0.1, 0.15) is 18.0 Å². The van der Waals surface area contributed by atoms with Gasteiger partial charge in [0, 0.05) is 24.4 Å². The first-order chi connectivity index (χ1) is 15.2. The quantitative estimate of drug-likeness (QED) is 0.537. The van der Waals surface area contributed by atoms with Gasteiger partial charge < -0.3 is 9.88 Å². The number of carbonyl (C=O) groups excluding carboxylic acids is 1. The van der Waals surface area contributed by atoms with Gasteiger partial charge in [-0.2, -0.15) is 13.2 Å². The molecule has 0 aliphatic carbocycles. The zero-order valence-electron chi connectivity index (χ0n) is 17.6. The molecule has 168 valence electrons. The first-order valence-corrected chi connectivity index (χ1v) is 10.8. The molecule has 1 atom stereocenters. The number of rotatable bonds is 6. The topological polar surface area (TPSA) is 75.9 Å². The Labute approximate surface area is 187 Å². The summed E-state index contributed by atoms with van der Waals surface area (Å²) in [5.74, 6) is 0.357. The number of hydrogen-bond donors (Lipinski definition) is 1. The molecular formula is C21H21F3N6OS. The van der Waals surface area contributed by atoms with Gasteiger partial charge in [-0.1, -0.05) is 17.8 Å². The van der Waals surface area contributed by atoms with Crippen molar-refractivity contribution < 1.29 is 18.0 Å². The van der Waals surface area contributed by atoms with Crippen LogP contribution < -0.4 is 10.2 Å². The van der Waals surface area contributed by atoms with Crippen LogP contribution in [0.4, 0.5) is 24.8 Å². The van der Waals surface area contributed by atoms with Crippen LogP contribution in [0.25, 0.3) is 0 Å². The summed E-state index contributed by atoms with van der Waals surface area (Å²) < 4.78 is 42.2. The van der Waals surface area contributed by atoms with E-state index in [4.69, 9.17) is 0 Å². The van der Waals surface area contributed by atoms with Crippen molar-refractivity contribution >= 4 is 29.3 Å². The molecule has 1 aliphatic rings. The van der Waals surface area contributed by atoms with E-state index in [-0.39, 0.29) is 22.9 Å². The van der Waals surface area contributed by atoms with E-state index in [1.165, 1.54) is 28.8 Å². The third kappa shape index (κ3) is 4.16. The van der Waals surface area contributed by atoms with Gasteiger partial charge >= 0.3 is 6.18 Å². The Morgan fingerprint density at radius 1 is 1.28 bits per heavy atom. The first-order valence-electron chi connectivity index (χ1n) is 9.96. The molecule has 1 aliphatic heterocycles. The number of halogens is 3. The maximum atomic E-state index is 13.5. The lowest BCUT2D eigenvalue weighted by atomic mass is 10.0. The lowest BCUT2D eigenvalue weighted by Crippen LogP contribution is -2.24. The van der Waals surface area contributed by atoms with Gasteiger partial charge in [0.15, 0.2) is 5.16 Å². The Morgan fingerprint density at radius 2 is 2.06 bits per heavy atom. The van der Waals surface area contributed by atoms with E-state index in [2.05, 4.69) is 20.5 Å². The average molecular weight is 463 g/mol. The molecule has 32 heavy (non-hydrogen) atoms. The second kappa shape index (κ2) is 8.45. The van der Waals surface area contributed by atoms with Gasteiger partial charge in [0.2, 0.25) is 0 Å². The van der Waals surface area contributed by atoms with E-state index in [1.54, 1.807) is 17.0 Å². The highest BCUT2D eigenvalue weighted by molar-refractivity contribution is 7.99. The summed E-state index contributed by atoms with van der Waals surface area (Å²) in [5.41, 5.74) is 0.0983. The fourth-order valence-corrected chi connectivity index (χ4v) is 4.47. The second-order valence-corrected chi connectivity index (χ2v) is 8.69. The van der Waals surface area contributed by atoms with Crippen molar-refractivity contribution in [2.24, 2.45) is 7.05 Å². The molecular weight excluding hydrogens is 441 g/mol. The minimum absolute atomic E-state index is 0.0243. The molecule has 1 aromatic carbocycles. The van der Waals surface area contributed by atoms with E-state index in [0.717, 1.165) is 16.8 Å². The number of nitrogens with one attached hydrogen (secondary N) is 1. The highest BCUT2D eigenvalue weighted by atomic mass is 32.2. The lowest BCUT2D eigenvalue weighted by molar-refractivity contribution is -0.138. The zero-order chi connectivity index (χ0) is 23.0. The Bertz CT molecular complexity index is 1160. The highest BCUT2D eigenvalue weighted by Gasteiger charge is 2.40. The molecule has 7 nitrogen and oxygen atoms in total. The summed E-state index contributed by atoms with van der Waals surface area (Å²) in [6.45, 7) is 4.32. The van der Waals surface area contributed by atoms with Crippen molar-refractivity contribution in [3.63, 3.8) is 0 Å². The second-order valence-electron chi connectivity index (χ2n) is 7.38. The molecule has 0 bridgehead atoms. The predicted octanol–water partition coefficient (Wildman–Crippen LogP) is 4.67. The van der Waals surface area contributed by atoms with E-state index < -0.39 is 17.6 Å². The summed E-state index contributed by atoms with van der Waals surface area (Å²) >= 11 is 1.48. The number of fused-ring (bicyclic) bond motifs is 1. The van der Waals surface area contributed by atoms with Crippen LogP contribution in [0.5, 0.6) is 0 Å². The summed E-state index contributed by atoms with van der Waals surface area (Å²) in [4.78, 5) is 18.8. The summed E-state index contributed by atoms with van der Waals surface area (Å²) in [7, 11) is 1.84. The molecule has 3 heterocycles. The fourth-order valence-electron chi connectivity index (χ4n) is 3.57. The smallest absolute Gasteiger partial charge is 0.370 e. The molecule has 0 fully saturated rings. The molecule has 0 saturated heterocycles. The summed E-state index contributed by atoms with van der Waals surface area (Å²) in [6, 6.07) is 7.30. The molecule has 0 spiro atoms. The van der Waals surface area contributed by atoms with Gasteiger partial charge in [0.05, 0.1) is 12.1 Å². The Hall–Kier alpha value is -3.08. The van der Waals surface area contributed by atoms with Crippen LogP contribution in [-0.2, 0) is 19.8 Å². The number of amides is 1. The van der Waals surface area contributed by atoms with E-state index in [1.807, 2.05) is 27.0 Å². The fraction of sp³-hybridized carbons (Fsp3) is 0.333. The molecule has 0 radical (unpaired) electrons. The highest BCUT2D eigenvalue weighted by Crippen LogP contribution is 2.40. The largest absolute Gasteiger partial charge is 0.416 e. The number of anilines is 2. The molecule has 2 aromatic heterocycles. The SMILES string of the molecule is CCNc1cc(C(C)Sc2nncn2C)cc(N2Cc3c(cccc3C(F)(F)F)C2=O)n1. The maximum Gasteiger partial charge on any atom is 0.416 e. The third-order valence-electron chi connectivity index (χ3n) is 5.16. The average Bonchev–Trinajstić information content (AvgIpc) is 3.30. The minimum Gasteiger partial charge on any atom is -0.370 e. The zero-order valence-corrected chi connectivity index (χ0v) is 18.5. The lowest BCUT2D eigenvalue weighted by Gasteiger charge is -2.20. The predicted molar refractivity (Wildman–Crippen MR) is 116 cm³/mol. The molecule has 0 saturated carbocycles. The summed E-state index contributed by atoms with van der Waals surface area (Å²) in [5, 5.41) is 11.8. The Balaban J connectivity index is 1.70. The maximum absolute atomic E-state index is 13.5. The van der Waals surface area contributed by atoms with Gasteiger partial charge in [-0.15, -0.1) is 10.2 Å². The number of aromatic nitrogens is 4.